The zero-order valence-electron chi connectivity index (χ0n) is 16.4. The van der Waals surface area contributed by atoms with Crippen molar-refractivity contribution in [1.82, 2.24) is 14.8 Å². The summed E-state index contributed by atoms with van der Waals surface area (Å²) in [7, 11) is 0. The maximum absolute atomic E-state index is 13.3. The number of carbonyl (C=O) groups is 1. The molecule has 0 saturated carbocycles. The first-order valence-electron chi connectivity index (χ1n) is 10.2. The summed E-state index contributed by atoms with van der Waals surface area (Å²) >= 11 is 0. The summed E-state index contributed by atoms with van der Waals surface area (Å²) in [6, 6.07) is 8.22. The van der Waals surface area contributed by atoms with Gasteiger partial charge in [-0.1, -0.05) is 13.0 Å². The third-order valence-electron chi connectivity index (χ3n) is 5.79. The summed E-state index contributed by atoms with van der Waals surface area (Å²) in [5, 5.41) is 0.978. The molecular weight excluding hydrogens is 338 g/mol. The maximum Gasteiger partial charge on any atom is 0.254 e. The zero-order chi connectivity index (χ0) is 18.8. The Bertz CT molecular complexity index is 822. The molecular formula is C22H29N3O2. The number of aromatic nitrogens is 1. The predicted molar refractivity (Wildman–Crippen MR) is 107 cm³/mol. The highest BCUT2D eigenvalue weighted by atomic mass is 16.5. The van der Waals surface area contributed by atoms with Gasteiger partial charge in [0.25, 0.3) is 5.91 Å². The van der Waals surface area contributed by atoms with Crippen LogP contribution in [0.15, 0.2) is 24.3 Å². The predicted octanol–water partition coefficient (Wildman–Crippen LogP) is 3.04. The van der Waals surface area contributed by atoms with E-state index in [2.05, 4.69) is 28.9 Å². The highest BCUT2D eigenvalue weighted by Gasteiger charge is 2.26. The van der Waals surface area contributed by atoms with E-state index in [1.807, 2.05) is 24.0 Å². The number of piperazine rings is 1. The molecule has 0 bridgehead atoms. The van der Waals surface area contributed by atoms with Gasteiger partial charge >= 0.3 is 0 Å². The van der Waals surface area contributed by atoms with Crippen molar-refractivity contribution in [3.8, 4) is 0 Å². The van der Waals surface area contributed by atoms with Crippen molar-refractivity contribution in [3.63, 3.8) is 0 Å². The molecule has 3 heterocycles. The molecule has 144 valence electrons. The van der Waals surface area contributed by atoms with Gasteiger partial charge in [0.05, 0.1) is 17.2 Å². The molecule has 2 aliphatic rings. The van der Waals surface area contributed by atoms with Gasteiger partial charge in [-0.2, -0.15) is 0 Å². The second kappa shape index (κ2) is 7.95. The molecule has 2 aromatic rings. The summed E-state index contributed by atoms with van der Waals surface area (Å²) in [6.45, 7) is 9.41. The Morgan fingerprint density at radius 2 is 2.04 bits per heavy atom. The lowest BCUT2D eigenvalue weighted by molar-refractivity contribution is 0.0433. The molecule has 0 spiro atoms. The molecule has 5 heteroatoms. The van der Waals surface area contributed by atoms with Gasteiger partial charge in [-0.15, -0.1) is 0 Å². The Morgan fingerprint density at radius 1 is 1.22 bits per heavy atom. The minimum Gasteiger partial charge on any atom is -0.377 e. The smallest absolute Gasteiger partial charge is 0.254 e. The molecule has 2 aliphatic heterocycles. The van der Waals surface area contributed by atoms with Gasteiger partial charge < -0.3 is 9.64 Å². The molecule has 4 rings (SSSR count). The quantitative estimate of drug-likeness (QED) is 0.833. The van der Waals surface area contributed by atoms with Crippen molar-refractivity contribution >= 4 is 16.8 Å². The zero-order valence-corrected chi connectivity index (χ0v) is 16.4. The monoisotopic (exact) mass is 367 g/mol. The van der Waals surface area contributed by atoms with Crippen molar-refractivity contribution in [2.45, 2.75) is 39.2 Å². The lowest BCUT2D eigenvalue weighted by atomic mass is 10.0. The van der Waals surface area contributed by atoms with Gasteiger partial charge in [-0.05, 0) is 49.9 Å². The van der Waals surface area contributed by atoms with E-state index in [1.165, 1.54) is 18.4 Å². The van der Waals surface area contributed by atoms with Crippen LogP contribution in [0.2, 0.25) is 0 Å². The van der Waals surface area contributed by atoms with Gasteiger partial charge in [-0.3, -0.25) is 14.7 Å². The van der Waals surface area contributed by atoms with E-state index in [0.717, 1.165) is 67.9 Å². The molecule has 1 atom stereocenters. The highest BCUT2D eigenvalue weighted by Crippen LogP contribution is 2.23. The van der Waals surface area contributed by atoms with Crippen molar-refractivity contribution in [1.29, 1.82) is 0 Å². The van der Waals surface area contributed by atoms with E-state index in [1.54, 1.807) is 0 Å². The third-order valence-corrected chi connectivity index (χ3v) is 5.79. The van der Waals surface area contributed by atoms with Crippen LogP contribution in [0.1, 0.15) is 41.4 Å². The van der Waals surface area contributed by atoms with Gasteiger partial charge in [0.2, 0.25) is 0 Å². The first kappa shape index (κ1) is 18.4. The lowest BCUT2D eigenvalue weighted by Crippen LogP contribution is -2.50. The molecule has 0 radical (unpaired) electrons. The van der Waals surface area contributed by atoms with Gasteiger partial charge in [0, 0.05) is 50.4 Å². The Balaban J connectivity index is 1.49. The topological polar surface area (TPSA) is 45.7 Å². The van der Waals surface area contributed by atoms with Crippen LogP contribution in [0, 0.1) is 6.92 Å². The highest BCUT2D eigenvalue weighted by molar-refractivity contribution is 6.06. The molecule has 1 amide bonds. The van der Waals surface area contributed by atoms with E-state index >= 15 is 0 Å². The molecule has 27 heavy (non-hydrogen) atoms. The van der Waals surface area contributed by atoms with E-state index in [-0.39, 0.29) is 5.91 Å². The number of hydrogen-bond acceptors (Lipinski definition) is 4. The van der Waals surface area contributed by atoms with Crippen LogP contribution < -0.4 is 0 Å². The second-order valence-electron chi connectivity index (χ2n) is 7.74. The number of rotatable bonds is 4. The molecule has 0 N–H and O–H groups in total. The van der Waals surface area contributed by atoms with Crippen LogP contribution in [0.25, 0.3) is 10.9 Å². The minimum absolute atomic E-state index is 0.135. The van der Waals surface area contributed by atoms with Crippen LogP contribution in [0.4, 0.5) is 0 Å². The Kier molecular flexibility index (Phi) is 5.41. The second-order valence-corrected chi connectivity index (χ2v) is 7.74. The van der Waals surface area contributed by atoms with Crippen LogP contribution in [0.3, 0.4) is 0 Å². The van der Waals surface area contributed by atoms with E-state index in [4.69, 9.17) is 4.74 Å². The summed E-state index contributed by atoms with van der Waals surface area (Å²) in [6.07, 6.45) is 3.68. The standard InChI is InChI=1S/C22H29N3O2/c1-3-17-6-7-21-19(14-17)20(13-16(2)23-21)22(26)25-10-8-24(9-11-25)15-18-5-4-12-27-18/h6-7,13-14,18H,3-5,8-12,15H2,1-2H3/t18-/m1/s1. The minimum atomic E-state index is 0.135. The van der Waals surface area contributed by atoms with Crippen molar-refractivity contribution < 1.29 is 9.53 Å². The Morgan fingerprint density at radius 3 is 2.74 bits per heavy atom. The van der Waals surface area contributed by atoms with Crippen LogP contribution in [-0.2, 0) is 11.2 Å². The number of benzene rings is 1. The van der Waals surface area contributed by atoms with Gasteiger partial charge in [0.15, 0.2) is 0 Å². The molecule has 2 saturated heterocycles. The largest absolute Gasteiger partial charge is 0.377 e. The number of carbonyl (C=O) groups excluding carboxylic acids is 1. The third kappa shape index (κ3) is 3.99. The van der Waals surface area contributed by atoms with Gasteiger partial charge in [0.1, 0.15) is 0 Å². The van der Waals surface area contributed by atoms with E-state index in [0.29, 0.717) is 6.10 Å². The average Bonchev–Trinajstić information content (AvgIpc) is 3.20. The number of fused-ring (bicyclic) bond motifs is 1. The summed E-state index contributed by atoms with van der Waals surface area (Å²) in [4.78, 5) is 22.3. The lowest BCUT2D eigenvalue weighted by Gasteiger charge is -2.36. The Hall–Kier alpha value is -1.98. The number of amides is 1. The van der Waals surface area contributed by atoms with E-state index < -0.39 is 0 Å². The van der Waals surface area contributed by atoms with Crippen LogP contribution in [0.5, 0.6) is 0 Å². The fourth-order valence-corrected chi connectivity index (χ4v) is 4.18. The maximum atomic E-state index is 13.3. The molecule has 0 aliphatic carbocycles. The summed E-state index contributed by atoms with van der Waals surface area (Å²) < 4.78 is 5.75. The summed E-state index contributed by atoms with van der Waals surface area (Å²) in [5.74, 6) is 0.135. The van der Waals surface area contributed by atoms with Crippen molar-refractivity contribution in [2.24, 2.45) is 0 Å². The number of pyridine rings is 1. The van der Waals surface area contributed by atoms with Crippen LogP contribution >= 0.6 is 0 Å². The fraction of sp³-hybridized carbons (Fsp3) is 0.545. The SMILES string of the molecule is CCc1ccc2nc(C)cc(C(=O)N3CCN(C[C@H]4CCCO4)CC3)c2c1. The fourth-order valence-electron chi connectivity index (χ4n) is 4.18. The average molecular weight is 367 g/mol. The first-order valence-corrected chi connectivity index (χ1v) is 10.2. The van der Waals surface area contributed by atoms with E-state index in [9.17, 15) is 4.79 Å². The number of aryl methyl sites for hydroxylation is 2. The first-order chi connectivity index (χ1) is 13.1. The number of ether oxygens (including phenoxy) is 1. The molecule has 2 fully saturated rings. The van der Waals surface area contributed by atoms with Crippen molar-refractivity contribution in [3.05, 3.63) is 41.1 Å². The molecule has 1 aromatic heterocycles. The van der Waals surface area contributed by atoms with Crippen molar-refractivity contribution in [2.75, 3.05) is 39.3 Å². The number of nitrogens with zero attached hydrogens (tertiary/aromatic N) is 3. The van der Waals surface area contributed by atoms with Crippen LogP contribution in [-0.4, -0.2) is 66.1 Å². The summed E-state index contributed by atoms with van der Waals surface area (Å²) in [5.41, 5.74) is 3.84. The Labute approximate surface area is 161 Å². The molecule has 1 aromatic carbocycles. The molecule has 0 unspecified atom stereocenters. The van der Waals surface area contributed by atoms with Gasteiger partial charge in [-0.25, -0.2) is 0 Å². The normalized spacial score (nSPS) is 21.1. The molecule has 5 nitrogen and oxygen atoms in total. The number of hydrogen-bond donors (Lipinski definition) is 0.